The van der Waals surface area contributed by atoms with Crippen LogP contribution in [0.3, 0.4) is 0 Å². The van der Waals surface area contributed by atoms with Crippen molar-refractivity contribution in [3.05, 3.63) is 71.9 Å². The molecule has 7 atom stereocenters. The molecular weight excluding hydrogens is 848 g/mol. The van der Waals surface area contributed by atoms with Crippen LogP contribution in [0.4, 0.5) is 0 Å². The van der Waals surface area contributed by atoms with E-state index < -0.39 is 140 Å². The molecule has 0 radical (unpaired) electrons. The number of H-pyrrole nitrogens is 1. The molecule has 0 bridgehead atoms. The van der Waals surface area contributed by atoms with Crippen molar-refractivity contribution in [1.82, 2.24) is 36.9 Å². The number of carbonyl (C=O) groups excluding carboxylic acids is 6. The van der Waals surface area contributed by atoms with Gasteiger partial charge in [0.05, 0.1) is 25.3 Å². The molecule has 0 spiro atoms. The zero-order valence-electron chi connectivity index (χ0n) is 34.1. The van der Waals surface area contributed by atoms with Crippen LogP contribution in [-0.4, -0.2) is 138 Å². The summed E-state index contributed by atoms with van der Waals surface area (Å²) in [6.07, 6.45) is -3.37. The van der Waals surface area contributed by atoms with Crippen LogP contribution in [-0.2, 0) is 65.6 Å². The number of carbonyl (C=O) groups is 11. The molecule has 6 amide bonds. The number of para-hydroxylation sites is 1. The fraction of sp³-hybridized carbons (Fsp3) is 0.375. The third kappa shape index (κ3) is 16.2. The lowest BCUT2D eigenvalue weighted by molar-refractivity contribution is -0.144. The molecule has 0 saturated carbocycles. The lowest BCUT2D eigenvalue weighted by Gasteiger charge is -2.26. The highest BCUT2D eigenvalue weighted by atomic mass is 16.4. The second-order valence-corrected chi connectivity index (χ2v) is 14.5. The van der Waals surface area contributed by atoms with Gasteiger partial charge in [0.1, 0.15) is 36.3 Å². The van der Waals surface area contributed by atoms with Crippen LogP contribution in [0.15, 0.2) is 60.8 Å². The number of amides is 6. The molecule has 0 saturated heterocycles. The van der Waals surface area contributed by atoms with Gasteiger partial charge in [0, 0.05) is 36.4 Å². The van der Waals surface area contributed by atoms with E-state index in [4.69, 9.17) is 10.8 Å². The second-order valence-electron chi connectivity index (χ2n) is 14.5. The molecule has 344 valence electrons. The fourth-order valence-corrected chi connectivity index (χ4v) is 6.11. The van der Waals surface area contributed by atoms with Crippen molar-refractivity contribution in [2.75, 3.05) is 0 Å². The van der Waals surface area contributed by atoms with Gasteiger partial charge in [-0.3, -0.25) is 47.9 Å². The van der Waals surface area contributed by atoms with E-state index in [0.29, 0.717) is 22.0 Å². The molecule has 0 aliphatic carbocycles. The lowest BCUT2D eigenvalue weighted by atomic mass is 10.0. The molecule has 24 nitrogen and oxygen atoms in total. The normalized spacial score (nSPS) is 14.2. The molecule has 0 aliphatic rings. The topological polar surface area (TPSA) is 403 Å². The number of aliphatic carboxylic acids is 5. The lowest BCUT2D eigenvalue weighted by Crippen LogP contribution is -2.60. The Kier molecular flexibility index (Phi) is 18.9. The molecule has 0 unspecified atom stereocenters. The highest BCUT2D eigenvalue weighted by molar-refractivity contribution is 5.99. The van der Waals surface area contributed by atoms with Crippen molar-refractivity contribution in [2.24, 2.45) is 5.73 Å². The molecule has 1 heterocycles. The van der Waals surface area contributed by atoms with Gasteiger partial charge in [0.25, 0.3) is 0 Å². The molecule has 3 rings (SSSR count). The summed E-state index contributed by atoms with van der Waals surface area (Å²) in [6.45, 7) is 1.24. The van der Waals surface area contributed by atoms with Crippen molar-refractivity contribution < 1.29 is 78.3 Å². The first kappa shape index (κ1) is 50.5. The van der Waals surface area contributed by atoms with Gasteiger partial charge < -0.3 is 68.2 Å². The first-order valence-corrected chi connectivity index (χ1v) is 19.4. The average molecular weight is 897 g/mol. The summed E-state index contributed by atoms with van der Waals surface area (Å²) in [5.74, 6) is -15.0. The van der Waals surface area contributed by atoms with E-state index in [1.165, 1.54) is 13.1 Å². The maximum Gasteiger partial charge on any atom is 0.326 e. The summed E-state index contributed by atoms with van der Waals surface area (Å²) in [4.78, 5) is 141. The van der Waals surface area contributed by atoms with E-state index in [0.717, 1.165) is 0 Å². The molecule has 64 heavy (non-hydrogen) atoms. The monoisotopic (exact) mass is 896 g/mol. The quantitative estimate of drug-likeness (QED) is 0.0399. The molecule has 2 aromatic carbocycles. The van der Waals surface area contributed by atoms with Crippen molar-refractivity contribution in [3.8, 4) is 0 Å². The number of carboxylic acids is 5. The third-order valence-electron chi connectivity index (χ3n) is 9.42. The Hall–Kier alpha value is -7.89. The minimum atomic E-state index is -2.14. The highest BCUT2D eigenvalue weighted by Crippen LogP contribution is 2.19. The highest BCUT2D eigenvalue weighted by Gasteiger charge is 2.35. The van der Waals surface area contributed by atoms with Gasteiger partial charge >= 0.3 is 29.8 Å². The number of fused-ring (bicyclic) bond motifs is 1. The van der Waals surface area contributed by atoms with Crippen LogP contribution in [0.2, 0.25) is 0 Å². The fourth-order valence-electron chi connectivity index (χ4n) is 6.11. The Balaban J connectivity index is 1.86. The smallest absolute Gasteiger partial charge is 0.326 e. The number of aromatic nitrogens is 1. The first-order chi connectivity index (χ1) is 30.1. The minimum absolute atomic E-state index is 0.0973. The van der Waals surface area contributed by atoms with Crippen molar-refractivity contribution in [2.45, 2.75) is 94.2 Å². The molecule has 1 aromatic heterocycles. The van der Waals surface area contributed by atoms with Crippen LogP contribution in [0.25, 0.3) is 10.9 Å². The Morgan fingerprint density at radius 2 is 0.984 bits per heavy atom. The van der Waals surface area contributed by atoms with Crippen LogP contribution >= 0.6 is 0 Å². The van der Waals surface area contributed by atoms with Crippen molar-refractivity contribution in [3.63, 3.8) is 0 Å². The van der Waals surface area contributed by atoms with E-state index in [1.807, 2.05) is 16.0 Å². The predicted octanol–water partition coefficient (Wildman–Crippen LogP) is -2.42. The Morgan fingerprint density at radius 1 is 0.531 bits per heavy atom. The summed E-state index contributed by atoms with van der Waals surface area (Å²) in [7, 11) is 0. The van der Waals surface area contributed by atoms with E-state index in [2.05, 4.69) is 20.9 Å². The van der Waals surface area contributed by atoms with E-state index in [-0.39, 0.29) is 12.8 Å². The average Bonchev–Trinajstić information content (AvgIpc) is 3.63. The maximum atomic E-state index is 13.9. The zero-order valence-corrected chi connectivity index (χ0v) is 34.1. The summed E-state index contributed by atoms with van der Waals surface area (Å²) in [5, 5.41) is 60.9. The van der Waals surface area contributed by atoms with Gasteiger partial charge in [-0.25, -0.2) is 4.79 Å². The Labute approximate surface area is 362 Å². The third-order valence-corrected chi connectivity index (χ3v) is 9.42. The van der Waals surface area contributed by atoms with Crippen LogP contribution in [0, 0.1) is 0 Å². The van der Waals surface area contributed by atoms with Crippen LogP contribution < -0.4 is 37.6 Å². The van der Waals surface area contributed by atoms with E-state index in [1.54, 1.807) is 54.6 Å². The van der Waals surface area contributed by atoms with E-state index in [9.17, 15) is 73.2 Å². The predicted molar refractivity (Wildman–Crippen MR) is 219 cm³/mol. The number of carboxylic acid groups (broad SMARTS) is 5. The number of benzene rings is 2. The molecule has 24 heteroatoms. The molecular formula is C40H48N8O16. The number of rotatable bonds is 26. The van der Waals surface area contributed by atoms with Gasteiger partial charge in [-0.05, 0) is 30.5 Å². The Morgan fingerprint density at radius 3 is 1.48 bits per heavy atom. The maximum absolute atomic E-state index is 13.9. The summed E-state index contributed by atoms with van der Waals surface area (Å²) >= 11 is 0. The first-order valence-electron chi connectivity index (χ1n) is 19.4. The van der Waals surface area contributed by atoms with Crippen molar-refractivity contribution >= 4 is 76.2 Å². The van der Waals surface area contributed by atoms with Gasteiger partial charge in [-0.15, -0.1) is 0 Å². The largest absolute Gasteiger partial charge is 0.481 e. The summed E-state index contributed by atoms with van der Waals surface area (Å²) in [6, 6.07) is 3.05. The molecule has 3 aromatic rings. The van der Waals surface area contributed by atoms with Crippen LogP contribution in [0.5, 0.6) is 0 Å². The van der Waals surface area contributed by atoms with Gasteiger partial charge in [-0.1, -0.05) is 48.5 Å². The molecule has 14 N–H and O–H groups in total. The number of nitrogens with one attached hydrogen (secondary N) is 7. The van der Waals surface area contributed by atoms with Crippen molar-refractivity contribution in [1.29, 1.82) is 0 Å². The summed E-state index contributed by atoms with van der Waals surface area (Å²) < 4.78 is 0. The van der Waals surface area contributed by atoms with Gasteiger partial charge in [0.15, 0.2) is 0 Å². The second kappa shape index (κ2) is 23.9. The molecule has 0 fully saturated rings. The summed E-state index contributed by atoms with van der Waals surface area (Å²) in [5.41, 5.74) is 7.31. The SMILES string of the molecule is C[C@H](NC(=O)[C@H](Cc1c[nH]c2ccccc12)NC(=O)[C@H](CC(=O)O)NC(=O)[C@H](CC(=O)O)NC(=O)[C@H](CC(=O)O)NC(=O)[C@@H](N)CCC(=O)O)C(=O)N[C@@H](Cc1ccccc1)C(=O)O. The minimum Gasteiger partial charge on any atom is -0.481 e. The number of aromatic amines is 1. The molecule has 0 aliphatic heterocycles. The Bertz CT molecular complexity index is 2230. The number of nitrogens with two attached hydrogens (primary N) is 1. The van der Waals surface area contributed by atoms with Gasteiger partial charge in [0.2, 0.25) is 35.4 Å². The van der Waals surface area contributed by atoms with Crippen LogP contribution in [0.1, 0.15) is 50.2 Å². The zero-order chi connectivity index (χ0) is 47.7. The number of hydrogen-bond donors (Lipinski definition) is 13. The number of hydrogen-bond acceptors (Lipinski definition) is 12. The standard InChI is InChI=1S/C40H48N8O16/c1-19(34(57)48-29(40(63)64)13-20-7-3-2-4-8-20)43-36(59)25(14-21-18-42-24-10-6-5-9-22(21)24)45-38(61)27(16-32(53)54)47-39(62)28(17-33(55)56)46-37(60)26(15-31(51)52)44-35(58)23(41)11-12-30(49)50/h2-10,18-19,23,25-29,42H,11-17,41H2,1H3,(H,43,59)(H,44,58)(H,45,61)(H,46,60)(H,47,62)(H,48,57)(H,49,50)(H,51,52)(H,53,54)(H,55,56)(H,63,64)/t19-,23-,25-,26-,27-,28-,29-/m0/s1. The van der Waals surface area contributed by atoms with E-state index >= 15 is 0 Å². The van der Waals surface area contributed by atoms with Gasteiger partial charge in [-0.2, -0.15) is 0 Å².